The zero-order valence-corrected chi connectivity index (χ0v) is 13.4. The number of allylic oxidation sites excluding steroid dienone is 1. The van der Waals surface area contributed by atoms with Crippen LogP contribution in [0.2, 0.25) is 0 Å². The molecule has 1 heterocycles. The molecule has 2 nitrogen and oxygen atoms in total. The van der Waals surface area contributed by atoms with Gasteiger partial charge in [-0.2, -0.15) is 0 Å². The van der Waals surface area contributed by atoms with Gasteiger partial charge in [-0.3, -0.25) is 9.80 Å². The molecule has 1 aliphatic rings. The number of benzene rings is 1. The van der Waals surface area contributed by atoms with Gasteiger partial charge in [0.1, 0.15) is 0 Å². The highest BCUT2D eigenvalue weighted by Crippen LogP contribution is 2.19. The molecular formula is C18H28N2. The van der Waals surface area contributed by atoms with Crippen molar-refractivity contribution in [2.75, 3.05) is 26.2 Å². The molecule has 0 amide bonds. The molecule has 0 N–H and O–H groups in total. The molecule has 0 aromatic heterocycles. The fourth-order valence-corrected chi connectivity index (χ4v) is 2.96. The molecule has 1 saturated heterocycles. The maximum atomic E-state index is 2.58. The van der Waals surface area contributed by atoms with Crippen LogP contribution in [0.5, 0.6) is 0 Å². The second-order valence-electron chi connectivity index (χ2n) is 6.05. The Morgan fingerprint density at radius 1 is 1.15 bits per heavy atom. The minimum absolute atomic E-state index is 0.676. The zero-order valence-electron chi connectivity index (χ0n) is 13.4. The predicted molar refractivity (Wildman–Crippen MR) is 87.9 cm³/mol. The Balaban J connectivity index is 2.03. The minimum atomic E-state index is 0.676. The molecule has 1 aromatic carbocycles. The molecule has 0 saturated carbocycles. The Morgan fingerprint density at radius 2 is 1.85 bits per heavy atom. The van der Waals surface area contributed by atoms with Crippen LogP contribution in [0.25, 0.3) is 6.08 Å². The summed E-state index contributed by atoms with van der Waals surface area (Å²) in [5, 5.41) is 0. The number of aryl methyl sites for hydroxylation is 1. The van der Waals surface area contributed by atoms with Crippen molar-refractivity contribution in [2.45, 2.75) is 40.3 Å². The monoisotopic (exact) mass is 272 g/mol. The van der Waals surface area contributed by atoms with E-state index in [-0.39, 0.29) is 0 Å². The number of nitrogens with zero attached hydrogens (tertiary/aromatic N) is 2. The SMILES string of the molecule is C/C=C\c1c(C)cccc1CN1CCN(C(C)C)CC1. The number of hydrogen-bond donors (Lipinski definition) is 0. The molecule has 1 aliphatic heterocycles. The van der Waals surface area contributed by atoms with E-state index in [2.05, 4.69) is 67.8 Å². The summed E-state index contributed by atoms with van der Waals surface area (Å²) in [6.07, 6.45) is 4.39. The summed E-state index contributed by atoms with van der Waals surface area (Å²) in [5.74, 6) is 0. The molecule has 1 aromatic rings. The molecule has 0 unspecified atom stereocenters. The summed E-state index contributed by atoms with van der Waals surface area (Å²) in [5.41, 5.74) is 4.24. The topological polar surface area (TPSA) is 6.48 Å². The second kappa shape index (κ2) is 7.05. The molecule has 0 atom stereocenters. The van der Waals surface area contributed by atoms with Gasteiger partial charge in [0.15, 0.2) is 0 Å². The van der Waals surface area contributed by atoms with Crippen molar-refractivity contribution >= 4 is 6.08 Å². The largest absolute Gasteiger partial charge is 0.298 e. The average molecular weight is 272 g/mol. The molecule has 2 rings (SSSR count). The molecule has 0 bridgehead atoms. The lowest BCUT2D eigenvalue weighted by Gasteiger charge is -2.37. The fourth-order valence-electron chi connectivity index (χ4n) is 2.96. The van der Waals surface area contributed by atoms with E-state index in [1.165, 1.54) is 42.9 Å². The van der Waals surface area contributed by atoms with Gasteiger partial charge in [-0.1, -0.05) is 30.4 Å². The van der Waals surface area contributed by atoms with E-state index in [1.807, 2.05) is 0 Å². The lowest BCUT2D eigenvalue weighted by molar-refractivity contribution is 0.104. The van der Waals surface area contributed by atoms with Crippen LogP contribution in [0, 0.1) is 6.92 Å². The third-order valence-electron chi connectivity index (χ3n) is 4.28. The van der Waals surface area contributed by atoms with Crippen molar-refractivity contribution in [1.29, 1.82) is 0 Å². The summed E-state index contributed by atoms with van der Waals surface area (Å²) in [6, 6.07) is 7.34. The Kier molecular flexibility index (Phi) is 5.38. The molecule has 0 radical (unpaired) electrons. The number of piperazine rings is 1. The van der Waals surface area contributed by atoms with Crippen LogP contribution in [-0.2, 0) is 6.54 Å². The summed E-state index contributed by atoms with van der Waals surface area (Å²) >= 11 is 0. The third kappa shape index (κ3) is 3.71. The molecular weight excluding hydrogens is 244 g/mol. The van der Waals surface area contributed by atoms with Crippen molar-refractivity contribution in [2.24, 2.45) is 0 Å². The van der Waals surface area contributed by atoms with Gasteiger partial charge >= 0.3 is 0 Å². The Labute approximate surface area is 124 Å². The van der Waals surface area contributed by atoms with Gasteiger partial charge < -0.3 is 0 Å². The Bertz CT molecular complexity index is 454. The van der Waals surface area contributed by atoms with Crippen LogP contribution in [0.1, 0.15) is 37.5 Å². The second-order valence-corrected chi connectivity index (χ2v) is 6.05. The molecule has 2 heteroatoms. The van der Waals surface area contributed by atoms with Crippen LogP contribution in [0.3, 0.4) is 0 Å². The number of hydrogen-bond acceptors (Lipinski definition) is 2. The maximum Gasteiger partial charge on any atom is 0.0240 e. The first kappa shape index (κ1) is 15.3. The third-order valence-corrected chi connectivity index (χ3v) is 4.28. The van der Waals surface area contributed by atoms with Gasteiger partial charge in [-0.05, 0) is 44.4 Å². The first-order valence-corrected chi connectivity index (χ1v) is 7.79. The Hall–Kier alpha value is -1.12. The van der Waals surface area contributed by atoms with Gasteiger partial charge in [0.25, 0.3) is 0 Å². The predicted octanol–water partition coefficient (Wildman–Crippen LogP) is 3.55. The van der Waals surface area contributed by atoms with Crippen molar-refractivity contribution in [3.63, 3.8) is 0 Å². The standard InChI is InChI=1S/C18H28N2/c1-5-7-18-16(4)8-6-9-17(18)14-19-10-12-20(13-11-19)15(2)3/h5-9,15H,10-14H2,1-4H3/b7-5-. The summed E-state index contributed by atoms with van der Waals surface area (Å²) < 4.78 is 0. The summed E-state index contributed by atoms with van der Waals surface area (Å²) in [4.78, 5) is 5.15. The first-order valence-electron chi connectivity index (χ1n) is 7.79. The highest BCUT2D eigenvalue weighted by atomic mass is 15.3. The summed E-state index contributed by atoms with van der Waals surface area (Å²) in [6.45, 7) is 14.7. The maximum absolute atomic E-state index is 2.58. The molecule has 20 heavy (non-hydrogen) atoms. The van der Waals surface area contributed by atoms with E-state index in [0.29, 0.717) is 6.04 Å². The summed E-state index contributed by atoms with van der Waals surface area (Å²) in [7, 11) is 0. The van der Waals surface area contributed by atoms with Gasteiger partial charge in [-0.25, -0.2) is 0 Å². The van der Waals surface area contributed by atoms with Crippen molar-refractivity contribution in [1.82, 2.24) is 9.80 Å². The van der Waals surface area contributed by atoms with Crippen LogP contribution >= 0.6 is 0 Å². The highest BCUT2D eigenvalue weighted by molar-refractivity contribution is 5.57. The first-order chi connectivity index (χ1) is 9.61. The van der Waals surface area contributed by atoms with Gasteiger partial charge in [0.2, 0.25) is 0 Å². The lowest BCUT2D eigenvalue weighted by Crippen LogP contribution is -2.48. The van der Waals surface area contributed by atoms with E-state index in [0.717, 1.165) is 6.54 Å². The van der Waals surface area contributed by atoms with Crippen molar-refractivity contribution < 1.29 is 0 Å². The molecule has 110 valence electrons. The van der Waals surface area contributed by atoms with Crippen molar-refractivity contribution in [3.05, 3.63) is 41.0 Å². The van der Waals surface area contributed by atoms with Gasteiger partial charge in [-0.15, -0.1) is 0 Å². The van der Waals surface area contributed by atoms with Gasteiger partial charge in [0, 0.05) is 38.8 Å². The van der Waals surface area contributed by atoms with Gasteiger partial charge in [0.05, 0.1) is 0 Å². The van der Waals surface area contributed by atoms with Crippen LogP contribution < -0.4 is 0 Å². The van der Waals surface area contributed by atoms with E-state index in [9.17, 15) is 0 Å². The fraction of sp³-hybridized carbons (Fsp3) is 0.556. The molecule has 1 fully saturated rings. The smallest absolute Gasteiger partial charge is 0.0240 e. The Morgan fingerprint density at radius 3 is 2.45 bits per heavy atom. The zero-order chi connectivity index (χ0) is 14.5. The molecule has 0 spiro atoms. The van der Waals surface area contributed by atoms with Crippen molar-refractivity contribution in [3.8, 4) is 0 Å². The lowest BCUT2D eigenvalue weighted by atomic mass is 10.0. The van der Waals surface area contributed by atoms with Crippen LogP contribution in [0.15, 0.2) is 24.3 Å². The van der Waals surface area contributed by atoms with Crippen LogP contribution in [-0.4, -0.2) is 42.0 Å². The normalized spacial score (nSPS) is 18.2. The average Bonchev–Trinajstić information content (AvgIpc) is 2.43. The minimum Gasteiger partial charge on any atom is -0.298 e. The van der Waals surface area contributed by atoms with E-state index in [1.54, 1.807) is 0 Å². The number of rotatable bonds is 4. The quantitative estimate of drug-likeness (QED) is 0.827. The molecule has 0 aliphatic carbocycles. The van der Waals surface area contributed by atoms with E-state index >= 15 is 0 Å². The van der Waals surface area contributed by atoms with E-state index in [4.69, 9.17) is 0 Å². The van der Waals surface area contributed by atoms with E-state index < -0.39 is 0 Å². The van der Waals surface area contributed by atoms with Crippen LogP contribution in [0.4, 0.5) is 0 Å². The highest BCUT2D eigenvalue weighted by Gasteiger charge is 2.19.